The number of carbonyl (C=O) groups excluding carboxylic acids is 2. The minimum Gasteiger partial charge on any atom is -0.386 e. The summed E-state index contributed by atoms with van der Waals surface area (Å²) in [6.45, 7) is -0.359. The molecular formula is C11H9N3O3. The van der Waals surface area contributed by atoms with Gasteiger partial charge in [0.25, 0.3) is 5.91 Å². The Kier molecular flexibility index (Phi) is 4.39. The molecule has 1 aromatic carbocycles. The van der Waals surface area contributed by atoms with Crippen molar-refractivity contribution in [1.29, 1.82) is 5.26 Å². The van der Waals surface area contributed by atoms with Gasteiger partial charge in [-0.3, -0.25) is 9.59 Å². The maximum absolute atomic E-state index is 11.5. The molecule has 0 bridgehead atoms. The van der Waals surface area contributed by atoms with E-state index >= 15 is 0 Å². The molecule has 0 saturated carbocycles. The highest BCUT2D eigenvalue weighted by Gasteiger charge is 2.08. The molecule has 0 radical (unpaired) electrons. The molecule has 0 fully saturated rings. The lowest BCUT2D eigenvalue weighted by atomic mass is 10.1. The Balaban J connectivity index is 2.56. The van der Waals surface area contributed by atoms with E-state index in [-0.39, 0.29) is 12.4 Å². The molecule has 2 N–H and O–H groups in total. The number of amides is 1. The number of hydrogen-bond donors (Lipinski definition) is 1. The van der Waals surface area contributed by atoms with Crippen LogP contribution in [-0.4, -0.2) is 24.0 Å². The van der Waals surface area contributed by atoms with Crippen LogP contribution in [0.3, 0.4) is 0 Å². The molecule has 6 heteroatoms. The van der Waals surface area contributed by atoms with Gasteiger partial charge in [-0.25, -0.2) is 0 Å². The second kappa shape index (κ2) is 6.02. The fourth-order valence-corrected chi connectivity index (χ4v) is 0.983. The maximum atomic E-state index is 11.5. The van der Waals surface area contributed by atoms with Crippen molar-refractivity contribution in [3.63, 3.8) is 0 Å². The zero-order chi connectivity index (χ0) is 12.7. The number of rotatable bonds is 5. The summed E-state index contributed by atoms with van der Waals surface area (Å²) in [4.78, 5) is 26.7. The highest BCUT2D eigenvalue weighted by atomic mass is 16.6. The van der Waals surface area contributed by atoms with E-state index in [0.717, 1.165) is 0 Å². The smallest absolute Gasteiger partial charge is 0.281 e. The number of primary amides is 1. The van der Waals surface area contributed by atoms with Gasteiger partial charge in [-0.05, 0) is 0 Å². The van der Waals surface area contributed by atoms with Crippen LogP contribution in [0.4, 0.5) is 0 Å². The fourth-order valence-electron chi connectivity index (χ4n) is 0.983. The predicted octanol–water partition coefficient (Wildman–Crippen LogP) is 0.251. The monoisotopic (exact) mass is 231 g/mol. The van der Waals surface area contributed by atoms with Crippen LogP contribution in [0.1, 0.15) is 10.4 Å². The molecule has 0 aliphatic rings. The summed E-state index contributed by atoms with van der Waals surface area (Å²) in [5.74, 6) is -1.31. The van der Waals surface area contributed by atoms with Crippen LogP contribution in [0.2, 0.25) is 0 Å². The van der Waals surface area contributed by atoms with Crippen molar-refractivity contribution in [3.8, 4) is 6.07 Å². The van der Waals surface area contributed by atoms with Crippen molar-refractivity contribution >= 4 is 17.4 Å². The maximum Gasteiger partial charge on any atom is 0.281 e. The number of Topliss-reactive ketones (excluding diaryl/α,β-unsaturated/α-hetero) is 1. The third-order valence-electron chi connectivity index (χ3n) is 1.79. The topological polar surface area (TPSA) is 106 Å². The molecule has 1 amide bonds. The largest absolute Gasteiger partial charge is 0.386 e. The number of oxime groups is 1. The molecule has 0 saturated heterocycles. The van der Waals surface area contributed by atoms with Crippen molar-refractivity contribution in [1.82, 2.24) is 0 Å². The molecule has 0 unspecified atom stereocenters. The van der Waals surface area contributed by atoms with Crippen LogP contribution in [0.5, 0.6) is 0 Å². The SMILES string of the molecule is N#CC(=NOCC(=O)c1ccccc1)C(N)=O. The van der Waals surface area contributed by atoms with Gasteiger partial charge in [0.05, 0.1) is 0 Å². The van der Waals surface area contributed by atoms with Gasteiger partial charge < -0.3 is 10.6 Å². The molecule has 0 aromatic heterocycles. The lowest BCUT2D eigenvalue weighted by Crippen LogP contribution is -2.22. The molecule has 0 aliphatic heterocycles. The van der Waals surface area contributed by atoms with E-state index in [1.807, 2.05) is 0 Å². The fraction of sp³-hybridized carbons (Fsp3) is 0.0909. The van der Waals surface area contributed by atoms with Crippen molar-refractivity contribution < 1.29 is 14.4 Å². The number of nitrogens with two attached hydrogens (primary N) is 1. The Morgan fingerprint density at radius 1 is 1.35 bits per heavy atom. The van der Waals surface area contributed by atoms with Crippen LogP contribution >= 0.6 is 0 Å². The molecule has 0 heterocycles. The summed E-state index contributed by atoms with van der Waals surface area (Å²) >= 11 is 0. The van der Waals surface area contributed by atoms with Crippen LogP contribution in [0.15, 0.2) is 35.5 Å². The Bertz CT molecular complexity index is 488. The number of benzene rings is 1. The third kappa shape index (κ3) is 3.76. The summed E-state index contributed by atoms with van der Waals surface area (Å²) in [6.07, 6.45) is 0. The molecule has 1 aromatic rings. The highest BCUT2D eigenvalue weighted by molar-refractivity contribution is 6.44. The summed E-state index contributed by atoms with van der Waals surface area (Å²) < 4.78 is 0. The van der Waals surface area contributed by atoms with Crippen LogP contribution in [-0.2, 0) is 9.63 Å². The van der Waals surface area contributed by atoms with Gasteiger partial charge in [0.15, 0.2) is 6.61 Å². The first kappa shape index (κ1) is 12.4. The first-order valence-corrected chi connectivity index (χ1v) is 4.63. The average molecular weight is 231 g/mol. The molecule has 0 aliphatic carbocycles. The van der Waals surface area contributed by atoms with Gasteiger partial charge in [0.1, 0.15) is 6.07 Å². The third-order valence-corrected chi connectivity index (χ3v) is 1.79. The van der Waals surface area contributed by atoms with Gasteiger partial charge in [0.2, 0.25) is 11.5 Å². The highest BCUT2D eigenvalue weighted by Crippen LogP contribution is 2.00. The lowest BCUT2D eigenvalue weighted by molar-refractivity contribution is -0.112. The molecule has 6 nitrogen and oxygen atoms in total. The Labute approximate surface area is 97.3 Å². The quantitative estimate of drug-likeness (QED) is 0.445. The van der Waals surface area contributed by atoms with E-state index in [4.69, 9.17) is 11.0 Å². The normalized spacial score (nSPS) is 10.4. The van der Waals surface area contributed by atoms with E-state index in [9.17, 15) is 9.59 Å². The second-order valence-electron chi connectivity index (χ2n) is 2.98. The number of carbonyl (C=O) groups is 2. The zero-order valence-corrected chi connectivity index (χ0v) is 8.79. The second-order valence-corrected chi connectivity index (χ2v) is 2.98. The molecule has 1 rings (SSSR count). The Morgan fingerprint density at radius 3 is 2.53 bits per heavy atom. The molecular weight excluding hydrogens is 222 g/mol. The van der Waals surface area contributed by atoms with Crippen molar-refractivity contribution in [2.45, 2.75) is 0 Å². The zero-order valence-electron chi connectivity index (χ0n) is 8.79. The first-order chi connectivity index (χ1) is 8.15. The van der Waals surface area contributed by atoms with E-state index in [1.54, 1.807) is 30.3 Å². The van der Waals surface area contributed by atoms with Crippen molar-refractivity contribution in [3.05, 3.63) is 35.9 Å². The lowest BCUT2D eigenvalue weighted by Gasteiger charge is -1.99. The van der Waals surface area contributed by atoms with Gasteiger partial charge in [0, 0.05) is 5.56 Å². The summed E-state index contributed by atoms with van der Waals surface area (Å²) in [5, 5.41) is 11.6. The summed E-state index contributed by atoms with van der Waals surface area (Å²) in [5.41, 5.74) is 4.70. The number of nitriles is 1. The van der Waals surface area contributed by atoms with Crippen molar-refractivity contribution in [2.75, 3.05) is 6.61 Å². The van der Waals surface area contributed by atoms with E-state index in [2.05, 4.69) is 9.99 Å². The van der Waals surface area contributed by atoms with Crippen LogP contribution in [0.25, 0.3) is 0 Å². The van der Waals surface area contributed by atoms with Crippen molar-refractivity contribution in [2.24, 2.45) is 10.9 Å². The van der Waals surface area contributed by atoms with E-state index in [1.165, 1.54) is 6.07 Å². The van der Waals surface area contributed by atoms with Gasteiger partial charge in [-0.1, -0.05) is 35.5 Å². The van der Waals surface area contributed by atoms with Gasteiger partial charge in [-0.15, -0.1) is 0 Å². The minimum atomic E-state index is -1.00. The van der Waals surface area contributed by atoms with Crippen LogP contribution in [0, 0.1) is 11.3 Å². The number of hydrogen-bond acceptors (Lipinski definition) is 5. The van der Waals surface area contributed by atoms with E-state index in [0.29, 0.717) is 5.56 Å². The standard InChI is InChI=1S/C11H9N3O3/c12-6-9(11(13)16)14-17-7-10(15)8-4-2-1-3-5-8/h1-5H,7H2,(H2,13,16). The Morgan fingerprint density at radius 2 is 2.00 bits per heavy atom. The number of nitrogens with zero attached hydrogens (tertiary/aromatic N) is 2. The van der Waals surface area contributed by atoms with E-state index < -0.39 is 11.6 Å². The molecule has 0 spiro atoms. The van der Waals surface area contributed by atoms with Gasteiger partial charge >= 0.3 is 0 Å². The summed E-state index contributed by atoms with van der Waals surface area (Å²) in [7, 11) is 0. The Hall–Kier alpha value is -2.68. The molecule has 0 atom stereocenters. The first-order valence-electron chi connectivity index (χ1n) is 4.63. The molecule has 86 valence electrons. The predicted molar refractivity (Wildman–Crippen MR) is 59.0 cm³/mol. The average Bonchev–Trinajstić information content (AvgIpc) is 2.35. The number of ketones is 1. The van der Waals surface area contributed by atoms with Gasteiger partial charge in [-0.2, -0.15) is 5.26 Å². The summed E-state index contributed by atoms with van der Waals surface area (Å²) in [6, 6.07) is 9.89. The van der Waals surface area contributed by atoms with Crippen LogP contribution < -0.4 is 5.73 Å². The molecule has 17 heavy (non-hydrogen) atoms. The minimum absolute atomic E-state index is 0.309.